The van der Waals surface area contributed by atoms with E-state index in [4.69, 9.17) is 0 Å². The highest BCUT2D eigenvalue weighted by atomic mass is 32.2. The number of amides is 1. The molecule has 1 heterocycles. The Labute approximate surface area is 140 Å². The van der Waals surface area contributed by atoms with Crippen LogP contribution in [0.25, 0.3) is 0 Å². The zero-order valence-corrected chi connectivity index (χ0v) is 14.2. The SMILES string of the molecule is CCc1nc(S(=O)(=O)CC(=O)NC(c2ccccc2)C2CC2)n[nH]1. The van der Waals surface area contributed by atoms with E-state index in [1.165, 1.54) is 0 Å². The largest absolute Gasteiger partial charge is 0.348 e. The van der Waals surface area contributed by atoms with Crippen molar-refractivity contribution in [3.63, 3.8) is 0 Å². The van der Waals surface area contributed by atoms with E-state index in [0.717, 1.165) is 18.4 Å². The number of aromatic nitrogens is 3. The van der Waals surface area contributed by atoms with Crippen molar-refractivity contribution in [2.24, 2.45) is 5.92 Å². The number of carbonyl (C=O) groups is 1. The predicted molar refractivity (Wildman–Crippen MR) is 87.9 cm³/mol. The molecule has 1 atom stereocenters. The first-order valence-corrected chi connectivity index (χ1v) is 9.63. The van der Waals surface area contributed by atoms with Gasteiger partial charge in [-0.3, -0.25) is 9.89 Å². The maximum atomic E-state index is 12.3. The lowest BCUT2D eigenvalue weighted by Crippen LogP contribution is -2.34. The van der Waals surface area contributed by atoms with E-state index in [9.17, 15) is 13.2 Å². The molecule has 1 aliphatic rings. The number of rotatable bonds is 7. The summed E-state index contributed by atoms with van der Waals surface area (Å²) in [6.45, 7) is 1.84. The lowest BCUT2D eigenvalue weighted by molar-refractivity contribution is -0.119. The number of nitrogens with one attached hydrogen (secondary N) is 2. The third-order valence-corrected chi connectivity index (χ3v) is 5.40. The molecule has 2 N–H and O–H groups in total. The molecule has 24 heavy (non-hydrogen) atoms. The molecule has 7 nitrogen and oxygen atoms in total. The van der Waals surface area contributed by atoms with Gasteiger partial charge in [0.05, 0.1) is 6.04 Å². The molecular weight excluding hydrogens is 328 g/mol. The van der Waals surface area contributed by atoms with Crippen LogP contribution in [0.5, 0.6) is 0 Å². The lowest BCUT2D eigenvalue weighted by atomic mass is 10.0. The fourth-order valence-corrected chi connectivity index (χ4v) is 3.58. The average Bonchev–Trinajstić information content (AvgIpc) is 3.28. The number of H-pyrrole nitrogens is 1. The predicted octanol–water partition coefficient (Wildman–Crippen LogP) is 1.41. The Morgan fingerprint density at radius 2 is 2.04 bits per heavy atom. The van der Waals surface area contributed by atoms with Gasteiger partial charge in [-0.15, -0.1) is 5.10 Å². The number of sulfone groups is 1. The fraction of sp³-hybridized carbons (Fsp3) is 0.438. The summed E-state index contributed by atoms with van der Waals surface area (Å²) in [5.74, 6) is -0.327. The summed E-state index contributed by atoms with van der Waals surface area (Å²) < 4.78 is 24.5. The summed E-state index contributed by atoms with van der Waals surface area (Å²) in [5, 5.41) is 8.79. The molecule has 0 bridgehead atoms. The standard InChI is InChI=1S/C16H20N4O3S/c1-2-13-17-16(20-19-13)24(22,23)10-14(21)18-15(12-8-9-12)11-6-4-3-5-7-11/h3-7,12,15H,2,8-10H2,1H3,(H,18,21)(H,17,19,20). The molecule has 2 aromatic rings. The maximum absolute atomic E-state index is 12.3. The van der Waals surface area contributed by atoms with Gasteiger partial charge < -0.3 is 5.32 Å². The maximum Gasteiger partial charge on any atom is 0.267 e. The van der Waals surface area contributed by atoms with Gasteiger partial charge in [-0.2, -0.15) is 0 Å². The van der Waals surface area contributed by atoms with Gasteiger partial charge in [0.1, 0.15) is 11.6 Å². The summed E-state index contributed by atoms with van der Waals surface area (Å²) in [7, 11) is -3.85. The summed E-state index contributed by atoms with van der Waals surface area (Å²) >= 11 is 0. The summed E-state index contributed by atoms with van der Waals surface area (Å²) in [4.78, 5) is 16.2. The number of benzene rings is 1. The second-order valence-corrected chi connectivity index (χ2v) is 7.85. The van der Waals surface area contributed by atoms with Crippen molar-refractivity contribution in [2.75, 3.05) is 5.75 Å². The van der Waals surface area contributed by atoms with Gasteiger partial charge in [-0.05, 0) is 24.3 Å². The Bertz CT molecular complexity index is 813. The normalized spacial score (nSPS) is 15.9. The molecule has 0 aliphatic heterocycles. The molecule has 1 fully saturated rings. The number of hydrogen-bond donors (Lipinski definition) is 2. The Kier molecular flexibility index (Phi) is 4.66. The quantitative estimate of drug-likeness (QED) is 0.787. The van der Waals surface area contributed by atoms with Crippen LogP contribution in [0.15, 0.2) is 35.5 Å². The molecule has 1 aliphatic carbocycles. The van der Waals surface area contributed by atoms with Crippen molar-refractivity contribution < 1.29 is 13.2 Å². The Morgan fingerprint density at radius 3 is 2.62 bits per heavy atom. The van der Waals surface area contributed by atoms with Crippen molar-refractivity contribution in [1.29, 1.82) is 0 Å². The van der Waals surface area contributed by atoms with Crippen LogP contribution < -0.4 is 5.32 Å². The summed E-state index contributed by atoms with van der Waals surface area (Å²) in [5.41, 5.74) is 0.997. The lowest BCUT2D eigenvalue weighted by Gasteiger charge is -2.18. The first-order valence-electron chi connectivity index (χ1n) is 7.98. The molecule has 1 saturated carbocycles. The van der Waals surface area contributed by atoms with Gasteiger partial charge in [-0.1, -0.05) is 37.3 Å². The molecule has 0 radical (unpaired) electrons. The highest BCUT2D eigenvalue weighted by Gasteiger charge is 2.34. The van der Waals surface area contributed by atoms with Gasteiger partial charge in [0.15, 0.2) is 0 Å². The first-order chi connectivity index (χ1) is 11.5. The molecule has 1 aromatic carbocycles. The van der Waals surface area contributed by atoms with Crippen LogP contribution in [-0.4, -0.2) is 35.3 Å². The van der Waals surface area contributed by atoms with E-state index >= 15 is 0 Å². The first kappa shape index (κ1) is 16.6. The topological polar surface area (TPSA) is 105 Å². The molecule has 128 valence electrons. The Hall–Kier alpha value is -2.22. The molecule has 0 saturated heterocycles. The van der Waals surface area contributed by atoms with Crippen LogP contribution in [0.2, 0.25) is 0 Å². The molecule has 0 spiro atoms. The van der Waals surface area contributed by atoms with Crippen molar-refractivity contribution >= 4 is 15.7 Å². The minimum atomic E-state index is -3.85. The molecule has 8 heteroatoms. The number of carbonyl (C=O) groups excluding carboxylic acids is 1. The second kappa shape index (κ2) is 6.72. The third kappa shape index (κ3) is 3.81. The molecular formula is C16H20N4O3S. The smallest absolute Gasteiger partial charge is 0.267 e. The second-order valence-electron chi connectivity index (χ2n) is 5.97. The fourth-order valence-electron chi connectivity index (χ4n) is 2.59. The van der Waals surface area contributed by atoms with Crippen molar-refractivity contribution in [2.45, 2.75) is 37.4 Å². The zero-order valence-electron chi connectivity index (χ0n) is 13.4. The Morgan fingerprint density at radius 1 is 1.33 bits per heavy atom. The summed E-state index contributed by atoms with van der Waals surface area (Å²) in [6.07, 6.45) is 2.62. The van der Waals surface area contributed by atoms with Gasteiger partial charge in [-0.25, -0.2) is 13.4 Å². The monoisotopic (exact) mass is 348 g/mol. The van der Waals surface area contributed by atoms with Gasteiger partial charge in [0, 0.05) is 6.42 Å². The highest BCUT2D eigenvalue weighted by Crippen LogP contribution is 2.40. The molecule has 1 unspecified atom stereocenters. The van der Waals surface area contributed by atoms with Crippen molar-refractivity contribution in [1.82, 2.24) is 20.5 Å². The zero-order chi connectivity index (χ0) is 17.2. The number of aromatic amines is 1. The van der Waals surface area contributed by atoms with E-state index in [2.05, 4.69) is 20.5 Å². The molecule has 3 rings (SSSR count). The van der Waals surface area contributed by atoms with Crippen LogP contribution in [0.3, 0.4) is 0 Å². The number of nitrogens with zero attached hydrogens (tertiary/aromatic N) is 2. The van der Waals surface area contributed by atoms with Gasteiger partial charge in [0.2, 0.25) is 15.7 Å². The van der Waals surface area contributed by atoms with Crippen molar-refractivity contribution in [3.8, 4) is 0 Å². The van der Waals surface area contributed by atoms with E-state index < -0.39 is 21.5 Å². The van der Waals surface area contributed by atoms with E-state index in [-0.39, 0.29) is 11.2 Å². The van der Waals surface area contributed by atoms with Gasteiger partial charge in [0.25, 0.3) is 5.16 Å². The van der Waals surface area contributed by atoms with E-state index in [0.29, 0.717) is 18.2 Å². The van der Waals surface area contributed by atoms with Crippen LogP contribution >= 0.6 is 0 Å². The van der Waals surface area contributed by atoms with E-state index in [1.807, 2.05) is 37.3 Å². The van der Waals surface area contributed by atoms with Crippen LogP contribution in [0, 0.1) is 5.92 Å². The minimum absolute atomic E-state index is 0.146. The van der Waals surface area contributed by atoms with Crippen LogP contribution in [0.4, 0.5) is 0 Å². The van der Waals surface area contributed by atoms with Crippen LogP contribution in [0.1, 0.15) is 37.2 Å². The van der Waals surface area contributed by atoms with Crippen LogP contribution in [-0.2, 0) is 21.1 Å². The third-order valence-electron chi connectivity index (χ3n) is 4.01. The number of hydrogen-bond acceptors (Lipinski definition) is 5. The minimum Gasteiger partial charge on any atom is -0.348 e. The van der Waals surface area contributed by atoms with Gasteiger partial charge >= 0.3 is 0 Å². The van der Waals surface area contributed by atoms with Crippen molar-refractivity contribution in [3.05, 3.63) is 41.7 Å². The molecule has 1 aromatic heterocycles. The molecule has 1 amide bonds. The highest BCUT2D eigenvalue weighted by molar-refractivity contribution is 7.91. The van der Waals surface area contributed by atoms with E-state index in [1.54, 1.807) is 0 Å². The summed E-state index contributed by atoms with van der Waals surface area (Å²) in [6, 6.07) is 9.48. The average molecular weight is 348 g/mol. The Balaban J connectivity index is 1.69. The number of aryl methyl sites for hydroxylation is 1.